The molecular weight excluding hydrogens is 607 g/mol. The molecule has 4 heterocycles. The predicted octanol–water partition coefficient (Wildman–Crippen LogP) is 6.29. The number of carbonyl (C=O) groups is 2. The number of alkyl halides is 3. The van der Waals surface area contributed by atoms with Crippen LogP contribution in [0.2, 0.25) is 0 Å². The Morgan fingerprint density at radius 3 is 2.40 bits per heavy atom. The molecule has 4 aromatic rings. The molecule has 0 bridgehead atoms. The normalized spacial score (nSPS) is 16.4. The fraction of sp³-hybridized carbons (Fsp3) is 0.514. The Bertz CT molecular complexity index is 1750. The quantitative estimate of drug-likeness (QED) is 0.224. The van der Waals surface area contributed by atoms with Gasteiger partial charge in [-0.15, -0.1) is 0 Å². The number of amides is 2. The number of rotatable bonds is 8. The minimum absolute atomic E-state index is 0.0295. The fourth-order valence-electron chi connectivity index (χ4n) is 6.94. The lowest BCUT2D eigenvalue weighted by Gasteiger charge is -2.37. The summed E-state index contributed by atoms with van der Waals surface area (Å²) in [5.41, 5.74) is 2.88. The third kappa shape index (κ3) is 6.92. The van der Waals surface area contributed by atoms with E-state index in [9.17, 15) is 22.8 Å². The van der Waals surface area contributed by atoms with E-state index >= 15 is 0 Å². The van der Waals surface area contributed by atoms with Gasteiger partial charge in [-0.2, -0.15) is 18.3 Å². The van der Waals surface area contributed by atoms with Gasteiger partial charge in [-0.3, -0.25) is 23.7 Å². The lowest BCUT2D eigenvalue weighted by Crippen LogP contribution is -2.52. The van der Waals surface area contributed by atoms with Gasteiger partial charge in [-0.25, -0.2) is 4.98 Å². The molecule has 9 nitrogen and oxygen atoms in total. The van der Waals surface area contributed by atoms with Crippen molar-refractivity contribution in [3.63, 3.8) is 0 Å². The zero-order chi connectivity index (χ0) is 33.3. The maximum Gasteiger partial charge on any atom is 0.435 e. The average Bonchev–Trinajstić information content (AvgIpc) is 3.69. The summed E-state index contributed by atoms with van der Waals surface area (Å²) in [4.78, 5) is 39.4. The molecule has 2 fully saturated rings. The number of carbonyl (C=O) groups excluding carboxylic acids is 2. The summed E-state index contributed by atoms with van der Waals surface area (Å²) < 4.78 is 45.0. The van der Waals surface area contributed by atoms with Crippen molar-refractivity contribution in [2.45, 2.75) is 78.4 Å². The standard InChI is InChI=1S/C35H42F3N7O2/c1-4-25-18-24(10-11-27(25)34(47)43-16-14-42(15-17-43)33(46)26-8-6-5-7-9-26)19-29-32-40-20-30(45(32)13-12-39-29)28-22-44(21-23(2)3)41-31(28)35(36,37)38/h10-13,18,20,22-23,26H,4-9,14-17,19,21H2,1-3H3. The van der Waals surface area contributed by atoms with Crippen molar-refractivity contribution in [3.05, 3.63) is 71.1 Å². The first kappa shape index (κ1) is 32.7. The van der Waals surface area contributed by atoms with Crippen LogP contribution in [0.4, 0.5) is 13.2 Å². The number of benzene rings is 1. The van der Waals surface area contributed by atoms with Crippen LogP contribution in [-0.4, -0.2) is 71.9 Å². The van der Waals surface area contributed by atoms with Crippen molar-refractivity contribution < 1.29 is 22.8 Å². The summed E-state index contributed by atoms with van der Waals surface area (Å²) in [6, 6.07) is 5.76. The molecule has 47 heavy (non-hydrogen) atoms. The van der Waals surface area contributed by atoms with Crippen molar-refractivity contribution in [1.82, 2.24) is 33.9 Å². The van der Waals surface area contributed by atoms with Gasteiger partial charge >= 0.3 is 6.18 Å². The molecule has 12 heteroatoms. The van der Waals surface area contributed by atoms with Crippen LogP contribution in [0.25, 0.3) is 16.9 Å². The van der Waals surface area contributed by atoms with Crippen molar-refractivity contribution in [1.29, 1.82) is 0 Å². The number of hydrogen-bond donors (Lipinski definition) is 0. The van der Waals surface area contributed by atoms with Gasteiger partial charge in [0.2, 0.25) is 5.91 Å². The topological polar surface area (TPSA) is 88.6 Å². The second kappa shape index (κ2) is 13.5. The van der Waals surface area contributed by atoms with E-state index in [4.69, 9.17) is 0 Å². The molecule has 2 aliphatic rings. The van der Waals surface area contributed by atoms with Gasteiger partial charge in [-0.1, -0.05) is 52.2 Å². The van der Waals surface area contributed by atoms with Crippen molar-refractivity contribution in [2.75, 3.05) is 26.2 Å². The number of aromatic nitrogens is 5. The molecule has 0 radical (unpaired) electrons. The van der Waals surface area contributed by atoms with E-state index in [1.165, 1.54) is 23.5 Å². The van der Waals surface area contributed by atoms with E-state index in [-0.39, 0.29) is 29.2 Å². The lowest BCUT2D eigenvalue weighted by atomic mass is 9.88. The van der Waals surface area contributed by atoms with Crippen LogP contribution in [0.5, 0.6) is 0 Å². The van der Waals surface area contributed by atoms with E-state index in [1.54, 1.807) is 16.8 Å². The summed E-state index contributed by atoms with van der Waals surface area (Å²) in [6.45, 7) is 8.38. The molecule has 1 aromatic carbocycles. The number of halogens is 3. The number of nitrogens with zero attached hydrogens (tertiary/aromatic N) is 7. The molecule has 0 spiro atoms. The molecule has 6 rings (SSSR count). The maximum absolute atomic E-state index is 14.0. The van der Waals surface area contributed by atoms with Gasteiger partial charge in [0.05, 0.1) is 23.1 Å². The number of imidazole rings is 1. The lowest BCUT2D eigenvalue weighted by molar-refractivity contribution is -0.141. The van der Waals surface area contributed by atoms with Gasteiger partial charge in [0.1, 0.15) is 0 Å². The Morgan fingerprint density at radius 1 is 1.00 bits per heavy atom. The molecule has 1 aliphatic carbocycles. The minimum Gasteiger partial charge on any atom is -0.339 e. The Morgan fingerprint density at radius 2 is 1.72 bits per heavy atom. The van der Waals surface area contributed by atoms with Crippen LogP contribution in [0.15, 0.2) is 43.0 Å². The molecule has 0 N–H and O–H groups in total. The molecule has 1 saturated carbocycles. The smallest absolute Gasteiger partial charge is 0.339 e. The zero-order valence-electron chi connectivity index (χ0n) is 27.3. The summed E-state index contributed by atoms with van der Waals surface area (Å²) in [5, 5.41) is 3.87. The molecule has 1 aliphatic heterocycles. The molecule has 1 saturated heterocycles. The summed E-state index contributed by atoms with van der Waals surface area (Å²) in [6.07, 6.45) is 7.87. The number of fused-ring (bicyclic) bond motifs is 1. The van der Waals surface area contributed by atoms with Gasteiger partial charge in [-0.05, 0) is 42.4 Å². The zero-order valence-corrected chi connectivity index (χ0v) is 27.3. The Labute approximate surface area is 272 Å². The summed E-state index contributed by atoms with van der Waals surface area (Å²) >= 11 is 0. The maximum atomic E-state index is 14.0. The van der Waals surface area contributed by atoms with Crippen molar-refractivity contribution >= 4 is 17.5 Å². The number of hydrogen-bond acceptors (Lipinski definition) is 5. The third-order valence-electron chi connectivity index (χ3n) is 9.34. The monoisotopic (exact) mass is 649 g/mol. The SMILES string of the molecule is CCc1cc(Cc2nccn3c(-c4cn(CC(C)C)nc4C(F)(F)F)cnc23)ccc1C(=O)N1CCN(C(=O)C2CCCCC2)CC1. The van der Waals surface area contributed by atoms with Gasteiger partial charge in [0.15, 0.2) is 11.3 Å². The molecule has 0 atom stereocenters. The molecular formula is C35H42F3N7O2. The summed E-state index contributed by atoms with van der Waals surface area (Å²) in [7, 11) is 0. The van der Waals surface area contributed by atoms with Gasteiger partial charge < -0.3 is 9.80 Å². The van der Waals surface area contributed by atoms with Gasteiger partial charge in [0, 0.05) is 69.2 Å². The van der Waals surface area contributed by atoms with Crippen LogP contribution < -0.4 is 0 Å². The highest BCUT2D eigenvalue weighted by Crippen LogP contribution is 2.37. The third-order valence-corrected chi connectivity index (χ3v) is 9.34. The van der Waals surface area contributed by atoms with Crippen molar-refractivity contribution in [2.24, 2.45) is 11.8 Å². The predicted molar refractivity (Wildman–Crippen MR) is 172 cm³/mol. The van der Waals surface area contributed by atoms with Crippen LogP contribution in [0.1, 0.15) is 85.7 Å². The van der Waals surface area contributed by atoms with Gasteiger partial charge in [0.25, 0.3) is 5.91 Å². The fourth-order valence-corrected chi connectivity index (χ4v) is 6.94. The highest BCUT2D eigenvalue weighted by molar-refractivity contribution is 5.96. The average molecular weight is 650 g/mol. The minimum atomic E-state index is -4.62. The molecule has 2 amide bonds. The molecule has 250 valence electrons. The second-order valence-corrected chi connectivity index (χ2v) is 13.2. The van der Waals surface area contributed by atoms with Crippen LogP contribution in [0.3, 0.4) is 0 Å². The van der Waals surface area contributed by atoms with Crippen LogP contribution >= 0.6 is 0 Å². The van der Waals surface area contributed by atoms with E-state index in [0.29, 0.717) is 68.2 Å². The van der Waals surface area contributed by atoms with E-state index in [2.05, 4.69) is 15.1 Å². The number of piperazine rings is 1. The van der Waals surface area contributed by atoms with Crippen molar-refractivity contribution in [3.8, 4) is 11.3 Å². The Kier molecular flexibility index (Phi) is 9.39. The van der Waals surface area contributed by atoms with Crippen LogP contribution in [-0.2, 0) is 30.4 Å². The van der Waals surface area contributed by atoms with E-state index in [0.717, 1.165) is 36.8 Å². The Hall–Kier alpha value is -4.22. The Balaban J connectivity index is 1.19. The first-order valence-electron chi connectivity index (χ1n) is 16.7. The summed E-state index contributed by atoms with van der Waals surface area (Å²) in [5.74, 6) is 0.467. The highest BCUT2D eigenvalue weighted by atomic mass is 19.4. The number of aryl methyl sites for hydroxylation is 1. The molecule has 0 unspecified atom stereocenters. The van der Waals surface area contributed by atoms with E-state index < -0.39 is 11.9 Å². The first-order valence-corrected chi connectivity index (χ1v) is 16.7. The largest absolute Gasteiger partial charge is 0.435 e. The second-order valence-electron chi connectivity index (χ2n) is 13.2. The van der Waals surface area contributed by atoms with Crippen LogP contribution in [0, 0.1) is 11.8 Å². The first-order chi connectivity index (χ1) is 22.5. The molecule has 3 aromatic heterocycles. The van der Waals surface area contributed by atoms with E-state index in [1.807, 2.05) is 48.8 Å². The highest BCUT2D eigenvalue weighted by Gasteiger charge is 2.38.